The lowest BCUT2D eigenvalue weighted by atomic mass is 9.84. The fourth-order valence-electron chi connectivity index (χ4n) is 8.02. The standard InChI is InChI=1S/C21H19ClO2.C15H20FN5O4.C14H18FN5O5/c1-23-19-12-8-17(9-13-19)21(22,16-6-4-3-5-7-16)18-10-14-20(24-2)15-11-18;1-4-7-8(16)10(22)14(25-7)21-5-17-9-11(21)18-15(20-13(9)24)19-12(23)6(2)3;1-5(2)11(23)18-14-17-10-8(12(24)19-14)16-4-20(10)13-9(22)7(15)6(3-21)25-13/h3-15H,1-2H3;5-8,10,14,22H,4H2,1-3H3,(H2,18,19,20,23,24);4-7,9,13,21-22H,3H2,1-2H3,(H2,17,18,19,23,24)/t;7-,8-,10-,14-;6-,7-,9-,13-/m.11/s1. The first-order valence-corrected chi connectivity index (χ1v) is 23.9. The summed E-state index contributed by atoms with van der Waals surface area (Å²) in [7, 11) is 3.31. The van der Waals surface area contributed by atoms with Crippen molar-refractivity contribution in [1.82, 2.24) is 39.0 Å². The third kappa shape index (κ3) is 11.3. The van der Waals surface area contributed by atoms with Gasteiger partial charge in [0.05, 0.1) is 39.6 Å². The Hall–Kier alpha value is -7.15. The molecule has 7 aromatic rings. The zero-order chi connectivity index (χ0) is 53.6. The minimum atomic E-state index is -1.80. The third-order valence-corrected chi connectivity index (χ3v) is 12.9. The molecule has 394 valence electrons. The number of imidazole rings is 2. The summed E-state index contributed by atoms with van der Waals surface area (Å²) in [4.78, 5) is 68.0. The van der Waals surface area contributed by atoms with E-state index in [0.29, 0.717) is 6.42 Å². The Bertz CT molecular complexity index is 2970. The summed E-state index contributed by atoms with van der Waals surface area (Å²) >= 11 is 7.22. The van der Waals surface area contributed by atoms with E-state index in [1.165, 1.54) is 21.8 Å². The number of aliphatic hydroxyl groups excluding tert-OH is 3. The van der Waals surface area contributed by atoms with Gasteiger partial charge in [-0.25, -0.2) is 18.7 Å². The third-order valence-electron chi connectivity index (χ3n) is 12.3. The molecule has 2 aliphatic rings. The number of anilines is 2. The monoisotopic (exact) mass is 1050 g/mol. The van der Waals surface area contributed by atoms with Crippen LogP contribution in [0.4, 0.5) is 20.7 Å². The number of hydrogen-bond donors (Lipinski definition) is 7. The summed E-state index contributed by atoms with van der Waals surface area (Å²) in [5.41, 5.74) is 1.89. The van der Waals surface area contributed by atoms with E-state index in [2.05, 4.69) is 40.5 Å². The zero-order valence-corrected chi connectivity index (χ0v) is 42.0. The molecule has 0 saturated carbocycles. The number of methoxy groups -OCH3 is 2. The number of halogens is 3. The fraction of sp³-hybridized carbons (Fsp3) is 0.400. The fourth-order valence-corrected chi connectivity index (χ4v) is 8.40. The Kier molecular flexibility index (Phi) is 17.3. The number of benzene rings is 3. The zero-order valence-electron chi connectivity index (χ0n) is 41.3. The Morgan fingerprint density at radius 3 is 1.45 bits per heavy atom. The molecule has 6 heterocycles. The van der Waals surface area contributed by atoms with Crippen molar-refractivity contribution in [2.24, 2.45) is 11.8 Å². The maximum absolute atomic E-state index is 14.1. The van der Waals surface area contributed by atoms with Gasteiger partial charge >= 0.3 is 0 Å². The average molecular weight is 1050 g/mol. The molecule has 9 rings (SSSR count). The van der Waals surface area contributed by atoms with Crippen LogP contribution < -0.4 is 31.2 Å². The Morgan fingerprint density at radius 1 is 0.703 bits per heavy atom. The summed E-state index contributed by atoms with van der Waals surface area (Å²) in [6.07, 6.45) is -7.68. The van der Waals surface area contributed by atoms with Crippen molar-refractivity contribution >= 4 is 57.6 Å². The highest BCUT2D eigenvalue weighted by Crippen LogP contribution is 2.44. The van der Waals surface area contributed by atoms with Gasteiger partial charge in [-0.2, -0.15) is 9.97 Å². The van der Waals surface area contributed by atoms with E-state index in [1.807, 2.05) is 78.9 Å². The first kappa shape index (κ1) is 54.6. The SMILES string of the molecule is CC(C)C(=O)Nc1nc2c(ncn2[C@@H]2O[C@H](CO)[C@@H](F)[C@H]2O)c(=O)[nH]1.CC[C@H]1O[C@@H](n2cnc3c(=O)[nH]c(NC(=O)C(C)C)nc32)[C@H](O)[C@@H]1F.COc1ccc(C(Cl)(c2ccccc2)c2ccc(OC)cc2)cc1. The van der Waals surface area contributed by atoms with Crippen LogP contribution in [0.15, 0.2) is 101 Å². The van der Waals surface area contributed by atoms with Gasteiger partial charge in [-0.1, -0.05) is 89.2 Å². The van der Waals surface area contributed by atoms with Crippen molar-refractivity contribution in [3.05, 3.63) is 129 Å². The van der Waals surface area contributed by atoms with E-state index in [1.54, 1.807) is 48.8 Å². The van der Waals surface area contributed by atoms with E-state index in [-0.39, 0.29) is 57.9 Å². The number of H-pyrrole nitrogens is 2. The number of amides is 2. The second kappa shape index (κ2) is 23.4. The summed E-state index contributed by atoms with van der Waals surface area (Å²) in [5.74, 6) is 0.166. The summed E-state index contributed by atoms with van der Waals surface area (Å²) in [6.45, 7) is 7.90. The van der Waals surface area contributed by atoms with E-state index < -0.39 is 71.8 Å². The van der Waals surface area contributed by atoms with Crippen LogP contribution >= 0.6 is 11.6 Å². The molecule has 2 amide bonds. The van der Waals surface area contributed by atoms with Crippen LogP contribution in [0.2, 0.25) is 0 Å². The molecule has 7 N–H and O–H groups in total. The number of aliphatic hydroxyl groups is 3. The van der Waals surface area contributed by atoms with Gasteiger partial charge in [-0.05, 0) is 47.4 Å². The van der Waals surface area contributed by atoms with Crippen molar-refractivity contribution in [3.63, 3.8) is 0 Å². The van der Waals surface area contributed by atoms with Crippen molar-refractivity contribution in [3.8, 4) is 11.5 Å². The lowest BCUT2D eigenvalue weighted by Gasteiger charge is -2.29. The van der Waals surface area contributed by atoms with E-state index in [0.717, 1.165) is 28.2 Å². The molecule has 0 radical (unpaired) electrons. The van der Waals surface area contributed by atoms with E-state index in [9.17, 15) is 38.2 Å². The highest BCUT2D eigenvalue weighted by Gasteiger charge is 2.46. The molecule has 0 bridgehead atoms. The van der Waals surface area contributed by atoms with Gasteiger partial charge in [-0.3, -0.25) is 48.9 Å². The number of rotatable bonds is 13. The number of aromatic amines is 2. The van der Waals surface area contributed by atoms with Gasteiger partial charge in [0, 0.05) is 11.8 Å². The number of alkyl halides is 3. The minimum absolute atomic E-state index is 0.00806. The first-order chi connectivity index (χ1) is 35.3. The minimum Gasteiger partial charge on any atom is -0.497 e. The van der Waals surface area contributed by atoms with Gasteiger partial charge in [0.15, 0.2) is 47.1 Å². The number of nitrogens with zero attached hydrogens (tertiary/aromatic N) is 6. The molecule has 2 fully saturated rings. The van der Waals surface area contributed by atoms with E-state index in [4.69, 9.17) is 35.7 Å². The van der Waals surface area contributed by atoms with Crippen LogP contribution in [0.25, 0.3) is 22.3 Å². The van der Waals surface area contributed by atoms with Crippen LogP contribution in [0.1, 0.15) is 70.2 Å². The maximum Gasteiger partial charge on any atom is 0.280 e. The predicted octanol–water partition coefficient (Wildman–Crippen LogP) is 5.26. The van der Waals surface area contributed by atoms with Gasteiger partial charge < -0.3 is 34.3 Å². The van der Waals surface area contributed by atoms with Crippen molar-refractivity contribution < 1.29 is 52.6 Å². The molecule has 74 heavy (non-hydrogen) atoms. The van der Waals surface area contributed by atoms with Crippen LogP contribution in [0.3, 0.4) is 0 Å². The largest absolute Gasteiger partial charge is 0.497 e. The Labute approximate surface area is 426 Å². The summed E-state index contributed by atoms with van der Waals surface area (Å²) in [6, 6.07) is 25.8. The highest BCUT2D eigenvalue weighted by molar-refractivity contribution is 6.28. The van der Waals surface area contributed by atoms with Gasteiger partial charge in [0.1, 0.15) is 34.7 Å². The normalized spacial score (nSPS) is 21.5. The quantitative estimate of drug-likeness (QED) is 0.0573. The highest BCUT2D eigenvalue weighted by atomic mass is 35.5. The smallest absolute Gasteiger partial charge is 0.280 e. The number of hydrogen-bond acceptors (Lipinski definition) is 15. The molecular weight excluding hydrogens is 990 g/mol. The second-order valence-corrected chi connectivity index (χ2v) is 18.4. The predicted molar refractivity (Wildman–Crippen MR) is 268 cm³/mol. The average Bonchev–Trinajstić information content (AvgIpc) is 4.17. The molecule has 24 heteroatoms. The molecular formula is C50H57ClF2N10O11. The molecule has 8 atom stereocenters. The first-order valence-electron chi connectivity index (χ1n) is 23.5. The van der Waals surface area contributed by atoms with Crippen LogP contribution in [0, 0.1) is 11.8 Å². The number of aromatic nitrogens is 8. The van der Waals surface area contributed by atoms with Crippen molar-refractivity contribution in [2.45, 2.75) is 95.1 Å². The van der Waals surface area contributed by atoms with Crippen molar-refractivity contribution in [2.75, 3.05) is 31.5 Å². The van der Waals surface area contributed by atoms with Crippen LogP contribution in [-0.2, 0) is 23.9 Å². The summed E-state index contributed by atoms with van der Waals surface area (Å²) in [5, 5.41) is 34.2. The molecule has 0 spiro atoms. The lowest BCUT2D eigenvalue weighted by Crippen LogP contribution is -2.29. The molecule has 21 nitrogen and oxygen atoms in total. The molecule has 0 aliphatic carbocycles. The lowest BCUT2D eigenvalue weighted by molar-refractivity contribution is -0.119. The number of ether oxygens (including phenoxy) is 4. The maximum atomic E-state index is 14.1. The molecule has 4 aromatic heterocycles. The molecule has 2 saturated heterocycles. The topological polar surface area (TPSA) is 283 Å². The molecule has 2 aliphatic heterocycles. The van der Waals surface area contributed by atoms with Gasteiger partial charge in [-0.15, -0.1) is 11.6 Å². The van der Waals surface area contributed by atoms with Gasteiger partial charge in [0.25, 0.3) is 11.1 Å². The molecule has 3 aromatic carbocycles. The Morgan fingerprint density at radius 2 is 1.09 bits per heavy atom. The Balaban J connectivity index is 0.000000162. The number of nitrogens with one attached hydrogen (secondary N) is 4. The summed E-state index contributed by atoms with van der Waals surface area (Å²) < 4.78 is 51.9. The number of fused-ring (bicyclic) bond motifs is 2. The van der Waals surface area contributed by atoms with Crippen LogP contribution in [-0.4, -0.2) is 124 Å². The van der Waals surface area contributed by atoms with E-state index >= 15 is 0 Å². The number of carbonyl (C=O) groups is 2. The number of carbonyl (C=O) groups excluding carboxylic acids is 2. The van der Waals surface area contributed by atoms with Gasteiger partial charge in [0.2, 0.25) is 23.7 Å². The second-order valence-electron chi connectivity index (χ2n) is 17.8. The molecule has 0 unspecified atom stereocenters. The van der Waals surface area contributed by atoms with Crippen LogP contribution in [0.5, 0.6) is 11.5 Å². The van der Waals surface area contributed by atoms with Crippen molar-refractivity contribution in [1.29, 1.82) is 0 Å².